The fourth-order valence-electron chi connectivity index (χ4n) is 2.34. The van der Waals surface area contributed by atoms with E-state index in [1.807, 2.05) is 7.05 Å². The summed E-state index contributed by atoms with van der Waals surface area (Å²) in [5.41, 5.74) is 0. The van der Waals surface area contributed by atoms with Crippen molar-refractivity contribution >= 4 is 33.2 Å². The van der Waals surface area contributed by atoms with E-state index in [0.717, 1.165) is 32.2 Å². The number of methoxy groups -OCH3 is 1. The van der Waals surface area contributed by atoms with E-state index in [-0.39, 0.29) is 0 Å². The number of ether oxygens (including phenoxy) is 1. The average Bonchev–Trinajstić information content (AvgIpc) is 3.01. The van der Waals surface area contributed by atoms with Crippen molar-refractivity contribution in [3.63, 3.8) is 0 Å². The summed E-state index contributed by atoms with van der Waals surface area (Å²) in [6, 6.07) is 4.21. The normalized spacial score (nSPS) is 20.1. The molecule has 1 N–H and O–H groups in total. The summed E-state index contributed by atoms with van der Waals surface area (Å²) in [5.74, 6) is 1.61. The van der Waals surface area contributed by atoms with E-state index >= 15 is 0 Å². The Balaban J connectivity index is 1.84. The number of hydrogen-bond donors (Lipinski definition) is 1. The first-order valence-electron chi connectivity index (χ1n) is 6.41. The van der Waals surface area contributed by atoms with Gasteiger partial charge in [-0.2, -0.15) is 0 Å². The first-order valence-corrected chi connectivity index (χ1v) is 8.02. The van der Waals surface area contributed by atoms with Gasteiger partial charge < -0.3 is 15.0 Å². The fraction of sp³-hybridized carbons (Fsp3) is 0.615. The van der Waals surface area contributed by atoms with Gasteiger partial charge in [-0.1, -0.05) is 0 Å². The number of aliphatic imine (C=N–C) groups is 1. The van der Waals surface area contributed by atoms with Crippen LogP contribution in [-0.4, -0.2) is 44.7 Å². The van der Waals surface area contributed by atoms with Crippen LogP contribution in [0.1, 0.15) is 11.3 Å². The predicted molar refractivity (Wildman–Crippen MR) is 83.8 cm³/mol. The molecule has 0 bridgehead atoms. The van der Waals surface area contributed by atoms with Gasteiger partial charge in [-0.05, 0) is 34.5 Å². The molecule has 2 heterocycles. The van der Waals surface area contributed by atoms with Crippen LogP contribution in [0.4, 0.5) is 0 Å². The van der Waals surface area contributed by atoms with Gasteiger partial charge in [-0.3, -0.25) is 4.99 Å². The van der Waals surface area contributed by atoms with E-state index < -0.39 is 0 Å². The zero-order valence-electron chi connectivity index (χ0n) is 11.4. The standard InChI is InChI=1S/C13H20BrN3OS/c1-15-13(16-7-11-3-4-12(14)19-11)17-6-5-10(8-17)9-18-2/h3-4,10H,5-9H2,1-2H3,(H,15,16). The Morgan fingerprint density at radius 3 is 3.11 bits per heavy atom. The second-order valence-corrected chi connectivity index (χ2v) is 7.21. The van der Waals surface area contributed by atoms with Gasteiger partial charge in [0.25, 0.3) is 0 Å². The molecule has 1 aliphatic rings. The number of halogens is 1. The first kappa shape index (κ1) is 14.8. The Morgan fingerprint density at radius 1 is 1.63 bits per heavy atom. The van der Waals surface area contributed by atoms with Crippen LogP contribution in [0, 0.1) is 5.92 Å². The Morgan fingerprint density at radius 2 is 2.47 bits per heavy atom. The molecular formula is C13H20BrN3OS. The highest BCUT2D eigenvalue weighted by atomic mass is 79.9. The molecule has 2 rings (SSSR count). The third kappa shape index (κ3) is 4.19. The van der Waals surface area contributed by atoms with Crippen LogP contribution in [-0.2, 0) is 11.3 Å². The molecule has 106 valence electrons. The molecule has 0 saturated carbocycles. The second kappa shape index (κ2) is 7.26. The van der Waals surface area contributed by atoms with Gasteiger partial charge in [0.2, 0.25) is 0 Å². The topological polar surface area (TPSA) is 36.9 Å². The smallest absolute Gasteiger partial charge is 0.193 e. The molecule has 1 aromatic rings. The highest BCUT2D eigenvalue weighted by Crippen LogP contribution is 2.22. The third-order valence-corrected chi connectivity index (χ3v) is 4.87. The van der Waals surface area contributed by atoms with E-state index in [9.17, 15) is 0 Å². The van der Waals surface area contributed by atoms with E-state index in [1.165, 1.54) is 15.1 Å². The van der Waals surface area contributed by atoms with Crippen molar-refractivity contribution in [1.29, 1.82) is 0 Å². The molecule has 0 spiro atoms. The SMILES string of the molecule is CN=C(NCc1ccc(Br)s1)N1CCC(COC)C1. The van der Waals surface area contributed by atoms with Crippen LogP contribution in [0.3, 0.4) is 0 Å². The molecule has 4 nitrogen and oxygen atoms in total. The minimum Gasteiger partial charge on any atom is -0.384 e. The maximum Gasteiger partial charge on any atom is 0.193 e. The van der Waals surface area contributed by atoms with Crippen LogP contribution in [0.2, 0.25) is 0 Å². The van der Waals surface area contributed by atoms with E-state index in [2.05, 4.69) is 43.3 Å². The van der Waals surface area contributed by atoms with Gasteiger partial charge in [-0.15, -0.1) is 11.3 Å². The van der Waals surface area contributed by atoms with Crippen molar-refractivity contribution in [2.75, 3.05) is 33.9 Å². The minimum atomic E-state index is 0.624. The molecule has 1 aromatic heterocycles. The number of nitrogens with zero attached hydrogens (tertiary/aromatic N) is 2. The average molecular weight is 346 g/mol. The minimum absolute atomic E-state index is 0.624. The van der Waals surface area contributed by atoms with Crippen molar-refractivity contribution in [2.45, 2.75) is 13.0 Å². The van der Waals surface area contributed by atoms with Crippen LogP contribution < -0.4 is 5.32 Å². The van der Waals surface area contributed by atoms with Gasteiger partial charge in [-0.25, -0.2) is 0 Å². The number of likely N-dealkylation sites (tertiary alicyclic amines) is 1. The Hall–Kier alpha value is -0.590. The van der Waals surface area contributed by atoms with Crippen LogP contribution >= 0.6 is 27.3 Å². The molecule has 1 saturated heterocycles. The molecule has 1 atom stereocenters. The summed E-state index contributed by atoms with van der Waals surface area (Å²) in [5, 5.41) is 3.43. The van der Waals surface area contributed by atoms with Crippen molar-refractivity contribution in [3.8, 4) is 0 Å². The summed E-state index contributed by atoms with van der Waals surface area (Å²) < 4.78 is 6.40. The molecule has 1 aliphatic heterocycles. The Labute approximate surface area is 127 Å². The first-order chi connectivity index (χ1) is 9.22. The lowest BCUT2D eigenvalue weighted by Gasteiger charge is -2.21. The molecule has 0 aliphatic carbocycles. The van der Waals surface area contributed by atoms with Crippen LogP contribution in [0.15, 0.2) is 20.9 Å². The zero-order valence-corrected chi connectivity index (χ0v) is 13.8. The molecule has 0 radical (unpaired) electrons. The van der Waals surface area contributed by atoms with Crippen molar-refractivity contribution in [1.82, 2.24) is 10.2 Å². The van der Waals surface area contributed by atoms with Gasteiger partial charge in [0.1, 0.15) is 0 Å². The lowest BCUT2D eigenvalue weighted by molar-refractivity contribution is 0.157. The number of thiophene rings is 1. The number of nitrogens with one attached hydrogen (secondary N) is 1. The monoisotopic (exact) mass is 345 g/mol. The molecule has 0 amide bonds. The molecule has 1 fully saturated rings. The van der Waals surface area contributed by atoms with Crippen molar-refractivity contribution in [2.24, 2.45) is 10.9 Å². The van der Waals surface area contributed by atoms with Crippen molar-refractivity contribution in [3.05, 3.63) is 20.8 Å². The highest BCUT2D eigenvalue weighted by Gasteiger charge is 2.24. The summed E-state index contributed by atoms with van der Waals surface area (Å²) in [4.78, 5) is 7.99. The quantitative estimate of drug-likeness (QED) is 0.673. The molecule has 1 unspecified atom stereocenters. The summed E-state index contributed by atoms with van der Waals surface area (Å²) >= 11 is 5.24. The molecule has 0 aromatic carbocycles. The summed E-state index contributed by atoms with van der Waals surface area (Å²) in [7, 11) is 3.61. The van der Waals surface area contributed by atoms with E-state index in [1.54, 1.807) is 18.4 Å². The van der Waals surface area contributed by atoms with E-state index in [0.29, 0.717) is 5.92 Å². The van der Waals surface area contributed by atoms with Crippen molar-refractivity contribution < 1.29 is 4.74 Å². The maximum atomic E-state index is 5.23. The largest absolute Gasteiger partial charge is 0.384 e. The summed E-state index contributed by atoms with van der Waals surface area (Å²) in [6.45, 7) is 3.75. The number of guanidine groups is 1. The maximum absolute atomic E-state index is 5.23. The van der Waals surface area contributed by atoms with Gasteiger partial charge in [0.15, 0.2) is 5.96 Å². The lowest BCUT2D eigenvalue weighted by Crippen LogP contribution is -2.39. The summed E-state index contributed by atoms with van der Waals surface area (Å²) in [6.07, 6.45) is 1.18. The Bertz CT molecular complexity index is 435. The zero-order chi connectivity index (χ0) is 13.7. The van der Waals surface area contributed by atoms with Gasteiger partial charge in [0.05, 0.1) is 16.9 Å². The van der Waals surface area contributed by atoms with Crippen LogP contribution in [0.5, 0.6) is 0 Å². The van der Waals surface area contributed by atoms with E-state index in [4.69, 9.17) is 4.74 Å². The van der Waals surface area contributed by atoms with Gasteiger partial charge >= 0.3 is 0 Å². The second-order valence-electron chi connectivity index (χ2n) is 4.66. The lowest BCUT2D eigenvalue weighted by atomic mass is 10.1. The number of hydrogen-bond acceptors (Lipinski definition) is 3. The fourth-order valence-corrected chi connectivity index (χ4v) is 3.76. The van der Waals surface area contributed by atoms with Gasteiger partial charge in [0, 0.05) is 38.0 Å². The predicted octanol–water partition coefficient (Wildman–Crippen LogP) is 2.55. The van der Waals surface area contributed by atoms with Crippen LogP contribution in [0.25, 0.3) is 0 Å². The molecule has 19 heavy (non-hydrogen) atoms. The molecule has 6 heteroatoms. The molecular weight excluding hydrogens is 326 g/mol. The Kier molecular flexibility index (Phi) is 5.66. The highest BCUT2D eigenvalue weighted by molar-refractivity contribution is 9.11. The number of rotatable bonds is 4. The third-order valence-electron chi connectivity index (χ3n) is 3.25.